The first-order chi connectivity index (χ1) is 11.1. The Labute approximate surface area is 141 Å². The third kappa shape index (κ3) is 6.92. The van der Waals surface area contributed by atoms with Crippen LogP contribution in [0.4, 0.5) is 0 Å². The zero-order chi connectivity index (χ0) is 17.1. The van der Waals surface area contributed by atoms with Gasteiger partial charge in [-0.2, -0.15) is 0 Å². The van der Waals surface area contributed by atoms with Crippen molar-refractivity contribution in [2.24, 2.45) is 0 Å². The van der Waals surface area contributed by atoms with Crippen LogP contribution >= 0.6 is 0 Å². The molecule has 0 saturated carbocycles. The Bertz CT molecular complexity index is 555. The van der Waals surface area contributed by atoms with Gasteiger partial charge in [-0.15, -0.1) is 6.58 Å². The molecule has 0 heterocycles. The van der Waals surface area contributed by atoms with Crippen LogP contribution in [0, 0.1) is 6.92 Å². The van der Waals surface area contributed by atoms with Gasteiger partial charge in [-0.25, -0.2) is 0 Å². The third-order valence-corrected chi connectivity index (χ3v) is 4.45. The molecule has 2 rings (SSSR count). The number of aryl methyl sites for hydroxylation is 1. The van der Waals surface area contributed by atoms with Gasteiger partial charge in [-0.05, 0) is 30.0 Å². The molecule has 0 unspecified atom stereocenters. The second-order valence-electron chi connectivity index (χ2n) is 5.05. The summed E-state index contributed by atoms with van der Waals surface area (Å²) in [6.07, 6.45) is 2.87. The lowest BCUT2D eigenvalue weighted by Gasteiger charge is -2.05. The fourth-order valence-electron chi connectivity index (χ4n) is 2.03. The number of hydrogen-bond acceptors (Lipinski definition) is 3. The lowest BCUT2D eigenvalue weighted by molar-refractivity contribution is 0.163. The van der Waals surface area contributed by atoms with E-state index in [1.54, 1.807) is 21.3 Å². The Balaban J connectivity index is 0.000000322. The molecule has 0 aromatic heterocycles. The summed E-state index contributed by atoms with van der Waals surface area (Å²) in [5, 5.41) is 0. The molecule has 0 spiro atoms. The molecule has 0 amide bonds. The van der Waals surface area contributed by atoms with Crippen LogP contribution in [-0.2, 0) is 19.7 Å². The maximum absolute atomic E-state index is 4.74. The van der Waals surface area contributed by atoms with E-state index in [0.717, 1.165) is 6.42 Å². The van der Waals surface area contributed by atoms with Crippen molar-refractivity contribution in [3.8, 4) is 11.1 Å². The van der Waals surface area contributed by atoms with Gasteiger partial charge in [0.05, 0.1) is 0 Å². The molecule has 0 fully saturated rings. The molecule has 124 valence electrons. The van der Waals surface area contributed by atoms with Gasteiger partial charge in [0, 0.05) is 21.3 Å². The van der Waals surface area contributed by atoms with Crippen molar-refractivity contribution in [1.82, 2.24) is 0 Å². The maximum atomic E-state index is 4.74. The minimum Gasteiger partial charge on any atom is -0.379 e. The van der Waals surface area contributed by atoms with Crippen LogP contribution in [0.1, 0.15) is 11.1 Å². The van der Waals surface area contributed by atoms with Crippen LogP contribution in [-0.4, -0.2) is 30.9 Å². The molecule has 4 heteroatoms. The van der Waals surface area contributed by atoms with Gasteiger partial charge in [0.2, 0.25) is 0 Å². The van der Waals surface area contributed by atoms with E-state index in [-0.39, 0.29) is 0 Å². The molecule has 0 radical (unpaired) electrons. The highest BCUT2D eigenvalue weighted by atomic mass is 28.3. The Hall–Kier alpha value is -1.72. The van der Waals surface area contributed by atoms with Crippen molar-refractivity contribution in [2.75, 3.05) is 21.3 Å². The van der Waals surface area contributed by atoms with Crippen LogP contribution in [0.3, 0.4) is 0 Å². The van der Waals surface area contributed by atoms with E-state index in [1.807, 2.05) is 6.08 Å². The van der Waals surface area contributed by atoms with E-state index in [9.17, 15) is 0 Å². The fraction of sp³-hybridized carbons (Fsp3) is 0.263. The average Bonchev–Trinajstić information content (AvgIpc) is 2.59. The van der Waals surface area contributed by atoms with Gasteiger partial charge in [0.1, 0.15) is 0 Å². The molecule has 2 aromatic rings. The summed E-state index contributed by atoms with van der Waals surface area (Å²) < 4.78 is 14.2. The molecule has 0 aliphatic rings. The smallest absolute Gasteiger partial charge is 0.379 e. The Morgan fingerprint density at radius 1 is 0.826 bits per heavy atom. The predicted octanol–water partition coefficient (Wildman–Crippen LogP) is 4.03. The van der Waals surface area contributed by atoms with Gasteiger partial charge < -0.3 is 13.3 Å². The summed E-state index contributed by atoms with van der Waals surface area (Å²) in [7, 11) is 3.05. The van der Waals surface area contributed by atoms with Gasteiger partial charge in [0.15, 0.2) is 0 Å². The van der Waals surface area contributed by atoms with Crippen molar-refractivity contribution >= 4 is 9.53 Å². The molecule has 23 heavy (non-hydrogen) atoms. The summed E-state index contributed by atoms with van der Waals surface area (Å²) >= 11 is 0. The van der Waals surface area contributed by atoms with E-state index in [1.165, 1.54) is 22.3 Å². The van der Waals surface area contributed by atoms with Gasteiger partial charge >= 0.3 is 9.53 Å². The first-order valence-electron chi connectivity index (χ1n) is 7.49. The minimum absolute atomic E-state index is 0.939. The zero-order valence-corrected chi connectivity index (χ0v) is 15.6. The molecular weight excluding hydrogens is 304 g/mol. The first-order valence-corrected chi connectivity index (χ1v) is 8.91. The second-order valence-corrected chi connectivity index (χ2v) is 7.04. The van der Waals surface area contributed by atoms with Gasteiger partial charge in [-0.3, -0.25) is 0 Å². The predicted molar refractivity (Wildman–Crippen MR) is 98.7 cm³/mol. The lowest BCUT2D eigenvalue weighted by atomic mass is 10.0. The SMILES string of the molecule is C=CCc1ccc(-c2ccc(C)cc2)cc1.CO[SiH](OC)OC. The van der Waals surface area contributed by atoms with E-state index in [2.05, 4.69) is 62.0 Å². The van der Waals surface area contributed by atoms with Gasteiger partial charge in [0.25, 0.3) is 0 Å². The van der Waals surface area contributed by atoms with Gasteiger partial charge in [-0.1, -0.05) is 60.2 Å². The van der Waals surface area contributed by atoms with Crippen LogP contribution in [0.15, 0.2) is 61.2 Å². The molecule has 3 nitrogen and oxygen atoms in total. The van der Waals surface area contributed by atoms with E-state index < -0.39 is 9.53 Å². The maximum Gasteiger partial charge on any atom is 0.483 e. The number of rotatable bonds is 6. The number of benzene rings is 2. The average molecular weight is 331 g/mol. The quantitative estimate of drug-likeness (QED) is 0.591. The van der Waals surface area contributed by atoms with E-state index in [4.69, 9.17) is 13.3 Å². The van der Waals surface area contributed by atoms with Crippen molar-refractivity contribution in [1.29, 1.82) is 0 Å². The Kier molecular flexibility index (Phi) is 9.17. The summed E-state index contributed by atoms with van der Waals surface area (Å²) in [5.74, 6) is 0. The fourth-order valence-corrected chi connectivity index (χ4v) is 2.61. The monoisotopic (exact) mass is 330 g/mol. The third-order valence-electron chi connectivity index (χ3n) is 3.30. The highest BCUT2D eigenvalue weighted by molar-refractivity contribution is 6.36. The minimum atomic E-state index is -1.67. The summed E-state index contributed by atoms with van der Waals surface area (Å²) in [5.41, 5.74) is 5.15. The summed E-state index contributed by atoms with van der Waals surface area (Å²) in [6.45, 7) is 5.85. The van der Waals surface area contributed by atoms with Crippen molar-refractivity contribution in [3.63, 3.8) is 0 Å². The largest absolute Gasteiger partial charge is 0.483 e. The van der Waals surface area contributed by atoms with Crippen LogP contribution in [0.2, 0.25) is 0 Å². The molecule has 0 bridgehead atoms. The molecule has 0 N–H and O–H groups in total. The van der Waals surface area contributed by atoms with E-state index >= 15 is 0 Å². The second kappa shape index (κ2) is 10.9. The Morgan fingerprint density at radius 3 is 1.61 bits per heavy atom. The van der Waals surface area contributed by atoms with Crippen LogP contribution < -0.4 is 0 Å². The highest BCUT2D eigenvalue weighted by Crippen LogP contribution is 2.20. The van der Waals surface area contributed by atoms with Crippen LogP contribution in [0.5, 0.6) is 0 Å². The number of hydrogen-bond donors (Lipinski definition) is 0. The molecule has 0 atom stereocenters. The molecule has 0 saturated heterocycles. The molecule has 0 aliphatic heterocycles. The first kappa shape index (κ1) is 19.3. The van der Waals surface area contributed by atoms with E-state index in [0.29, 0.717) is 0 Å². The number of allylic oxidation sites excluding steroid dienone is 1. The standard InChI is InChI=1S/C16H16.C3H10O3Si/c1-3-4-14-7-11-16(12-8-14)15-9-5-13(2)6-10-15;1-4-7(5-2)6-3/h3,5-12H,1,4H2,2H3;7H,1-3H3. The van der Waals surface area contributed by atoms with Crippen molar-refractivity contribution in [3.05, 3.63) is 72.3 Å². The highest BCUT2D eigenvalue weighted by Gasteiger charge is 2.05. The van der Waals surface area contributed by atoms with Crippen LogP contribution in [0.25, 0.3) is 11.1 Å². The van der Waals surface area contributed by atoms with Crippen molar-refractivity contribution < 1.29 is 13.3 Å². The Morgan fingerprint density at radius 2 is 1.26 bits per heavy atom. The molecular formula is C19H26O3Si. The normalized spacial score (nSPS) is 10.1. The summed E-state index contributed by atoms with van der Waals surface area (Å²) in [6, 6.07) is 17.3. The van der Waals surface area contributed by atoms with Crippen molar-refractivity contribution in [2.45, 2.75) is 13.3 Å². The molecule has 2 aromatic carbocycles. The summed E-state index contributed by atoms with van der Waals surface area (Å²) in [4.78, 5) is 0. The topological polar surface area (TPSA) is 27.7 Å². The lowest BCUT2D eigenvalue weighted by Crippen LogP contribution is -2.21. The molecule has 0 aliphatic carbocycles. The zero-order valence-electron chi connectivity index (χ0n) is 14.4.